The van der Waals surface area contributed by atoms with Crippen molar-refractivity contribution in [3.63, 3.8) is 0 Å². The number of aldehydes is 1. The molecule has 0 N–H and O–H groups in total. The summed E-state index contributed by atoms with van der Waals surface area (Å²) in [6.07, 6.45) is 23.6. The van der Waals surface area contributed by atoms with Crippen molar-refractivity contribution in [2.45, 2.75) is 115 Å². The third-order valence-corrected chi connectivity index (χ3v) is 9.24. The van der Waals surface area contributed by atoms with Gasteiger partial charge in [-0.2, -0.15) is 0 Å². The molecule has 0 spiro atoms. The van der Waals surface area contributed by atoms with Crippen molar-refractivity contribution in [2.75, 3.05) is 5.75 Å². The average molecular weight is 453 g/mol. The normalized spacial score (nSPS) is 11.5. The lowest BCUT2D eigenvalue weighted by Gasteiger charge is -2.04. The lowest BCUT2D eigenvalue weighted by Crippen LogP contribution is -1.85. The van der Waals surface area contributed by atoms with Crippen LogP contribution in [0.3, 0.4) is 0 Å². The molecular formula is C25H40OS3. The van der Waals surface area contributed by atoms with Crippen molar-refractivity contribution >= 4 is 50.1 Å². The maximum atomic E-state index is 11.3. The molecule has 0 amide bonds. The molecule has 0 aliphatic rings. The predicted octanol–water partition coefficient (Wildman–Crippen LogP) is 10.1. The van der Waals surface area contributed by atoms with Crippen LogP contribution >= 0.6 is 34.4 Å². The Morgan fingerprint density at radius 1 is 0.793 bits per heavy atom. The fourth-order valence-corrected chi connectivity index (χ4v) is 7.50. The van der Waals surface area contributed by atoms with Crippen LogP contribution in [0.5, 0.6) is 0 Å². The molecule has 2 rings (SSSR count). The highest BCUT2D eigenvalue weighted by molar-refractivity contribution is 7.99. The number of thioether (sulfide) groups is 1. The van der Waals surface area contributed by atoms with E-state index in [0.29, 0.717) is 0 Å². The quantitative estimate of drug-likeness (QED) is 0.120. The van der Waals surface area contributed by atoms with E-state index < -0.39 is 0 Å². The number of fused-ring (bicyclic) bond motifs is 1. The van der Waals surface area contributed by atoms with Gasteiger partial charge in [-0.15, -0.1) is 34.4 Å². The lowest BCUT2D eigenvalue weighted by molar-refractivity contribution is 0.112. The van der Waals surface area contributed by atoms with Crippen LogP contribution in [0, 0.1) is 0 Å². The second kappa shape index (κ2) is 16.4. The van der Waals surface area contributed by atoms with E-state index in [1.165, 1.54) is 117 Å². The van der Waals surface area contributed by atoms with E-state index in [1.54, 1.807) is 22.7 Å². The Morgan fingerprint density at radius 2 is 1.31 bits per heavy atom. The van der Waals surface area contributed by atoms with Gasteiger partial charge in [0.25, 0.3) is 0 Å². The van der Waals surface area contributed by atoms with E-state index in [0.717, 1.165) is 16.9 Å². The predicted molar refractivity (Wildman–Crippen MR) is 135 cm³/mol. The van der Waals surface area contributed by atoms with Crippen molar-refractivity contribution in [3.8, 4) is 0 Å². The van der Waals surface area contributed by atoms with Crippen molar-refractivity contribution in [1.82, 2.24) is 0 Å². The zero-order valence-corrected chi connectivity index (χ0v) is 20.8. The smallest absolute Gasteiger partial charge is 0.161 e. The van der Waals surface area contributed by atoms with Crippen LogP contribution in [0.4, 0.5) is 0 Å². The van der Waals surface area contributed by atoms with Crippen molar-refractivity contribution in [1.29, 1.82) is 0 Å². The summed E-state index contributed by atoms with van der Waals surface area (Å²) in [5.41, 5.74) is 0. The third kappa shape index (κ3) is 10.0. The molecule has 2 aromatic rings. The standard InChI is InChI=1S/C25H40OS3/c1-2-3-4-5-6-7-8-9-10-11-12-13-14-15-16-17-19-27-25-23(21-26)29-22-18-20-28-24(22)25/h18,20-21H,2-17,19H2,1H3. The first-order chi connectivity index (χ1) is 14.4. The van der Waals surface area contributed by atoms with Gasteiger partial charge in [-0.05, 0) is 23.6 Å². The Hall–Kier alpha value is -0.320. The minimum Gasteiger partial charge on any atom is -0.297 e. The number of carbonyl (C=O) groups is 1. The van der Waals surface area contributed by atoms with Crippen LogP contribution in [0.25, 0.3) is 9.40 Å². The first kappa shape index (κ1) is 24.9. The van der Waals surface area contributed by atoms with Gasteiger partial charge in [0, 0.05) is 9.60 Å². The molecule has 0 saturated heterocycles. The second-order valence-electron chi connectivity index (χ2n) is 8.18. The van der Waals surface area contributed by atoms with Crippen LogP contribution in [0.1, 0.15) is 119 Å². The zero-order valence-electron chi connectivity index (χ0n) is 18.4. The van der Waals surface area contributed by atoms with Crippen LogP contribution in [-0.2, 0) is 0 Å². The van der Waals surface area contributed by atoms with Crippen molar-refractivity contribution in [3.05, 3.63) is 16.3 Å². The van der Waals surface area contributed by atoms with E-state index in [9.17, 15) is 4.79 Å². The molecule has 0 saturated carbocycles. The van der Waals surface area contributed by atoms with Crippen molar-refractivity contribution < 1.29 is 4.79 Å². The average Bonchev–Trinajstić information content (AvgIpc) is 3.32. The van der Waals surface area contributed by atoms with Gasteiger partial charge < -0.3 is 0 Å². The summed E-state index contributed by atoms with van der Waals surface area (Å²) in [7, 11) is 0. The van der Waals surface area contributed by atoms with Gasteiger partial charge in [0.2, 0.25) is 0 Å². The van der Waals surface area contributed by atoms with Crippen LogP contribution in [-0.4, -0.2) is 12.0 Å². The Kier molecular flexibility index (Phi) is 14.1. The first-order valence-corrected chi connectivity index (χ1v) is 14.6. The molecule has 0 fully saturated rings. The molecule has 0 radical (unpaired) electrons. The highest BCUT2D eigenvalue weighted by Crippen LogP contribution is 2.40. The maximum Gasteiger partial charge on any atom is 0.161 e. The van der Waals surface area contributed by atoms with Gasteiger partial charge in [-0.25, -0.2) is 0 Å². The molecule has 1 nitrogen and oxygen atoms in total. The lowest BCUT2D eigenvalue weighted by atomic mass is 10.0. The SMILES string of the molecule is CCCCCCCCCCCCCCCCCCSc1c(C=O)sc2ccsc12. The molecule has 2 aromatic heterocycles. The van der Waals surface area contributed by atoms with E-state index in [2.05, 4.69) is 18.4 Å². The van der Waals surface area contributed by atoms with E-state index in [-0.39, 0.29) is 0 Å². The number of hydrogen-bond donors (Lipinski definition) is 0. The van der Waals surface area contributed by atoms with E-state index in [1.807, 2.05) is 11.8 Å². The van der Waals surface area contributed by atoms with Crippen LogP contribution < -0.4 is 0 Å². The highest BCUT2D eigenvalue weighted by atomic mass is 32.2. The summed E-state index contributed by atoms with van der Waals surface area (Å²) in [5, 5.41) is 2.13. The second-order valence-corrected chi connectivity index (χ2v) is 11.3. The topological polar surface area (TPSA) is 17.1 Å². The molecule has 2 heterocycles. The van der Waals surface area contributed by atoms with Gasteiger partial charge in [0.05, 0.1) is 9.58 Å². The number of rotatable bonds is 19. The summed E-state index contributed by atoms with van der Waals surface area (Å²) in [4.78, 5) is 13.4. The fourth-order valence-electron chi connectivity index (χ4n) is 3.86. The molecule has 0 aliphatic carbocycles. The summed E-state index contributed by atoms with van der Waals surface area (Å²) in [6.45, 7) is 2.29. The number of unbranched alkanes of at least 4 members (excludes halogenated alkanes) is 15. The molecule has 29 heavy (non-hydrogen) atoms. The fraction of sp³-hybridized carbons (Fsp3) is 0.720. The van der Waals surface area contributed by atoms with E-state index >= 15 is 0 Å². The van der Waals surface area contributed by atoms with Gasteiger partial charge in [0.15, 0.2) is 6.29 Å². The summed E-state index contributed by atoms with van der Waals surface area (Å²) in [6, 6.07) is 2.14. The Labute approximate surface area is 191 Å². The minimum atomic E-state index is 0.924. The molecule has 4 heteroatoms. The highest BCUT2D eigenvalue weighted by Gasteiger charge is 2.12. The summed E-state index contributed by atoms with van der Waals surface area (Å²) >= 11 is 5.30. The van der Waals surface area contributed by atoms with Crippen LogP contribution in [0.15, 0.2) is 16.3 Å². The molecule has 0 atom stereocenters. The van der Waals surface area contributed by atoms with Gasteiger partial charge in [-0.1, -0.05) is 103 Å². The third-order valence-electron chi connectivity index (χ3n) is 5.63. The Balaban J connectivity index is 1.36. The van der Waals surface area contributed by atoms with Gasteiger partial charge >= 0.3 is 0 Å². The molecule has 0 unspecified atom stereocenters. The first-order valence-electron chi connectivity index (χ1n) is 11.9. The Bertz CT molecular complexity index is 658. The van der Waals surface area contributed by atoms with Gasteiger partial charge in [-0.3, -0.25) is 4.79 Å². The Morgan fingerprint density at radius 3 is 1.83 bits per heavy atom. The zero-order chi connectivity index (χ0) is 20.6. The number of thiophene rings is 2. The molecule has 0 aliphatic heterocycles. The molecule has 0 aromatic carbocycles. The van der Waals surface area contributed by atoms with Gasteiger partial charge in [0.1, 0.15) is 0 Å². The largest absolute Gasteiger partial charge is 0.297 e. The van der Waals surface area contributed by atoms with Crippen molar-refractivity contribution in [2.24, 2.45) is 0 Å². The monoisotopic (exact) mass is 452 g/mol. The maximum absolute atomic E-state index is 11.3. The summed E-state index contributed by atoms with van der Waals surface area (Å²) < 4.78 is 2.59. The molecule has 164 valence electrons. The number of hydrogen-bond acceptors (Lipinski definition) is 4. The molecule has 0 bridgehead atoms. The summed E-state index contributed by atoms with van der Waals surface area (Å²) in [5.74, 6) is 1.14. The van der Waals surface area contributed by atoms with Crippen LogP contribution in [0.2, 0.25) is 0 Å². The molecular weight excluding hydrogens is 412 g/mol. The minimum absolute atomic E-state index is 0.924. The van der Waals surface area contributed by atoms with E-state index in [4.69, 9.17) is 0 Å². The number of carbonyl (C=O) groups excluding carboxylic acids is 1.